The molecule has 2 heterocycles. The fourth-order valence-electron chi connectivity index (χ4n) is 2.75. The molecule has 0 saturated heterocycles. The first-order chi connectivity index (χ1) is 15.6. The number of aliphatic carboxylic acids is 1. The summed E-state index contributed by atoms with van der Waals surface area (Å²) < 4.78 is 36.9. The van der Waals surface area contributed by atoms with Gasteiger partial charge in [0.25, 0.3) is 0 Å². The van der Waals surface area contributed by atoms with E-state index in [-0.39, 0.29) is 5.56 Å². The van der Waals surface area contributed by atoms with E-state index >= 15 is 0 Å². The van der Waals surface area contributed by atoms with Crippen LogP contribution < -0.4 is 4.74 Å². The van der Waals surface area contributed by atoms with Gasteiger partial charge in [0.15, 0.2) is 5.65 Å². The first kappa shape index (κ1) is 23.3. The Labute approximate surface area is 184 Å². The van der Waals surface area contributed by atoms with Gasteiger partial charge in [0.05, 0.1) is 18.2 Å². The van der Waals surface area contributed by atoms with Crippen LogP contribution in [-0.2, 0) is 4.79 Å². The largest absolute Gasteiger partial charge is 0.490 e. The molecule has 4 rings (SSSR count). The van der Waals surface area contributed by atoms with Crippen molar-refractivity contribution in [2.75, 3.05) is 7.11 Å². The maximum Gasteiger partial charge on any atom is 0.490 e. The number of pyridine rings is 1. The highest BCUT2D eigenvalue weighted by atomic mass is 19.4. The number of halogens is 3. The van der Waals surface area contributed by atoms with Gasteiger partial charge >= 0.3 is 18.1 Å². The highest BCUT2D eigenvalue weighted by Gasteiger charge is 2.38. The lowest BCUT2D eigenvalue weighted by molar-refractivity contribution is -0.192. The number of ether oxygens (including phenoxy) is 1. The maximum absolute atomic E-state index is 10.9. The van der Waals surface area contributed by atoms with Gasteiger partial charge in [-0.2, -0.15) is 18.2 Å². The molecule has 4 aromatic rings. The second kappa shape index (κ2) is 9.39. The molecule has 2 aromatic carbocycles. The number of aromatic amines is 1. The molecule has 170 valence electrons. The highest BCUT2D eigenvalue weighted by molar-refractivity contribution is 5.88. The number of imidazole rings is 1. The van der Waals surface area contributed by atoms with Gasteiger partial charge in [-0.05, 0) is 29.3 Å². The fraction of sp³-hybridized carbons (Fsp3) is 0.0909. The summed E-state index contributed by atoms with van der Waals surface area (Å²) in [6.45, 7) is 0. The molecule has 0 aliphatic rings. The Bertz CT molecular complexity index is 1280. The molecular formula is C22H16F3N3O5. The molecule has 0 aliphatic heterocycles. The molecule has 0 amide bonds. The van der Waals surface area contributed by atoms with Crippen molar-refractivity contribution >= 4 is 23.1 Å². The van der Waals surface area contributed by atoms with E-state index < -0.39 is 18.1 Å². The second-order valence-electron chi connectivity index (χ2n) is 6.57. The number of alkyl halides is 3. The number of hydrogen-bond acceptors (Lipinski definition) is 5. The minimum absolute atomic E-state index is 0.274. The van der Waals surface area contributed by atoms with E-state index in [9.17, 15) is 18.0 Å². The van der Waals surface area contributed by atoms with Gasteiger partial charge in [0, 0.05) is 11.6 Å². The minimum Gasteiger partial charge on any atom is -0.481 e. The normalized spacial score (nSPS) is 10.9. The van der Waals surface area contributed by atoms with E-state index in [1.807, 2.05) is 30.3 Å². The van der Waals surface area contributed by atoms with Crippen molar-refractivity contribution in [3.63, 3.8) is 0 Å². The van der Waals surface area contributed by atoms with Crippen LogP contribution in [0.1, 0.15) is 10.4 Å². The summed E-state index contributed by atoms with van der Waals surface area (Å²) in [5.74, 6) is -2.43. The highest BCUT2D eigenvalue weighted by Crippen LogP contribution is 2.25. The zero-order chi connectivity index (χ0) is 24.2. The number of nitrogens with one attached hydrogen (secondary N) is 1. The van der Waals surface area contributed by atoms with Crippen molar-refractivity contribution < 1.29 is 37.7 Å². The Balaban J connectivity index is 0.000000383. The average Bonchev–Trinajstić information content (AvgIpc) is 3.22. The lowest BCUT2D eigenvalue weighted by Gasteiger charge is -2.04. The van der Waals surface area contributed by atoms with E-state index in [1.165, 1.54) is 0 Å². The van der Waals surface area contributed by atoms with E-state index in [0.29, 0.717) is 11.5 Å². The van der Waals surface area contributed by atoms with Gasteiger partial charge in [-0.25, -0.2) is 14.6 Å². The average molecular weight is 459 g/mol. The summed E-state index contributed by atoms with van der Waals surface area (Å²) in [6, 6.07) is 18.4. The van der Waals surface area contributed by atoms with Gasteiger partial charge in [-0.3, -0.25) is 0 Å². The van der Waals surface area contributed by atoms with E-state index in [0.717, 1.165) is 28.0 Å². The molecule has 0 fully saturated rings. The Morgan fingerprint density at radius 2 is 1.36 bits per heavy atom. The van der Waals surface area contributed by atoms with Crippen LogP contribution in [0.15, 0.2) is 60.7 Å². The Morgan fingerprint density at radius 3 is 1.85 bits per heavy atom. The molecule has 0 bridgehead atoms. The summed E-state index contributed by atoms with van der Waals surface area (Å²) >= 11 is 0. The van der Waals surface area contributed by atoms with Gasteiger partial charge in [0.2, 0.25) is 5.88 Å². The van der Waals surface area contributed by atoms with Crippen molar-refractivity contribution in [3.8, 4) is 28.4 Å². The van der Waals surface area contributed by atoms with Crippen LogP contribution in [0.25, 0.3) is 33.7 Å². The molecule has 0 spiro atoms. The standard InChI is InChI=1S/C20H15N3O3.C2HF3O2/c1-26-17-11-10-16-19(22-17)23-18(21-16)14-6-2-12(3-7-14)13-4-8-15(9-5-13)20(24)25;3-2(4,5)1(6)7/h2-11H,1H3,(H,24,25)(H,21,22,23);(H,6,7). The van der Waals surface area contributed by atoms with E-state index in [1.54, 1.807) is 37.4 Å². The number of aromatic carboxylic acids is 1. The monoisotopic (exact) mass is 459 g/mol. The number of methoxy groups -OCH3 is 1. The maximum atomic E-state index is 10.9. The molecular weight excluding hydrogens is 443 g/mol. The molecule has 0 saturated carbocycles. The molecule has 8 nitrogen and oxygen atoms in total. The number of rotatable bonds is 4. The van der Waals surface area contributed by atoms with Crippen molar-refractivity contribution in [1.29, 1.82) is 0 Å². The smallest absolute Gasteiger partial charge is 0.481 e. The first-order valence-corrected chi connectivity index (χ1v) is 9.23. The molecule has 0 atom stereocenters. The number of hydrogen-bond donors (Lipinski definition) is 3. The third-order valence-electron chi connectivity index (χ3n) is 4.40. The molecule has 3 N–H and O–H groups in total. The lowest BCUT2D eigenvalue weighted by Crippen LogP contribution is -2.21. The van der Waals surface area contributed by atoms with Crippen LogP contribution in [0.2, 0.25) is 0 Å². The van der Waals surface area contributed by atoms with Crippen LogP contribution in [-0.4, -0.2) is 50.4 Å². The van der Waals surface area contributed by atoms with Crippen LogP contribution in [0, 0.1) is 0 Å². The SMILES string of the molecule is COc1ccc2[nH]c(-c3ccc(-c4ccc(C(=O)O)cc4)cc3)nc2n1.O=C(O)C(F)(F)F. The topological polar surface area (TPSA) is 125 Å². The minimum atomic E-state index is -5.08. The van der Waals surface area contributed by atoms with Crippen LogP contribution in [0.5, 0.6) is 5.88 Å². The number of nitrogens with zero attached hydrogens (tertiary/aromatic N) is 2. The van der Waals surface area contributed by atoms with E-state index in [4.69, 9.17) is 19.7 Å². The van der Waals surface area contributed by atoms with Crippen molar-refractivity contribution in [2.24, 2.45) is 0 Å². The van der Waals surface area contributed by atoms with Gasteiger partial charge < -0.3 is 19.9 Å². The summed E-state index contributed by atoms with van der Waals surface area (Å²) in [7, 11) is 1.57. The molecule has 0 unspecified atom stereocenters. The zero-order valence-electron chi connectivity index (χ0n) is 16.9. The summed E-state index contributed by atoms with van der Waals surface area (Å²) in [5.41, 5.74) is 4.62. The van der Waals surface area contributed by atoms with Crippen molar-refractivity contribution in [3.05, 3.63) is 66.2 Å². The summed E-state index contributed by atoms with van der Waals surface area (Å²) in [4.78, 5) is 31.9. The van der Waals surface area contributed by atoms with Crippen LogP contribution in [0.4, 0.5) is 13.2 Å². The van der Waals surface area contributed by atoms with Crippen molar-refractivity contribution in [2.45, 2.75) is 6.18 Å². The summed E-state index contributed by atoms with van der Waals surface area (Å²) in [6.07, 6.45) is -5.08. The third kappa shape index (κ3) is 5.64. The van der Waals surface area contributed by atoms with Gasteiger partial charge in [-0.15, -0.1) is 0 Å². The Morgan fingerprint density at radius 1 is 0.848 bits per heavy atom. The second-order valence-corrected chi connectivity index (χ2v) is 6.57. The molecule has 0 radical (unpaired) electrons. The quantitative estimate of drug-likeness (QED) is 0.406. The lowest BCUT2D eigenvalue weighted by atomic mass is 10.0. The Kier molecular flexibility index (Phi) is 6.61. The number of aromatic nitrogens is 3. The van der Waals surface area contributed by atoms with Crippen molar-refractivity contribution in [1.82, 2.24) is 15.0 Å². The van der Waals surface area contributed by atoms with Crippen LogP contribution >= 0.6 is 0 Å². The van der Waals surface area contributed by atoms with Gasteiger partial charge in [-0.1, -0.05) is 36.4 Å². The fourth-order valence-corrected chi connectivity index (χ4v) is 2.75. The molecule has 0 aliphatic carbocycles. The van der Waals surface area contributed by atoms with E-state index in [2.05, 4.69) is 15.0 Å². The number of carboxylic acids is 2. The molecule has 2 aromatic heterocycles. The number of carboxylic acid groups (broad SMARTS) is 2. The third-order valence-corrected chi connectivity index (χ3v) is 4.40. The predicted molar refractivity (Wildman–Crippen MR) is 112 cm³/mol. The molecule has 11 heteroatoms. The number of carbonyl (C=O) groups is 2. The zero-order valence-corrected chi connectivity index (χ0v) is 16.9. The first-order valence-electron chi connectivity index (χ1n) is 9.23. The summed E-state index contributed by atoms with van der Waals surface area (Å²) in [5, 5.41) is 16.1. The molecule has 33 heavy (non-hydrogen) atoms. The number of H-pyrrole nitrogens is 1. The van der Waals surface area contributed by atoms with Crippen LogP contribution in [0.3, 0.4) is 0 Å². The number of fused-ring (bicyclic) bond motifs is 1. The number of benzene rings is 2. The Hall–Kier alpha value is -4.41. The van der Waals surface area contributed by atoms with Gasteiger partial charge in [0.1, 0.15) is 5.82 Å². The predicted octanol–water partition coefficient (Wildman–Crippen LogP) is 4.63.